The summed E-state index contributed by atoms with van der Waals surface area (Å²) in [5.74, 6) is -4.37. The van der Waals surface area contributed by atoms with Crippen molar-refractivity contribution in [3.63, 3.8) is 0 Å². The predicted molar refractivity (Wildman–Crippen MR) is 199 cm³/mol. The summed E-state index contributed by atoms with van der Waals surface area (Å²) in [7, 11) is 0. The molecule has 0 aliphatic heterocycles. The summed E-state index contributed by atoms with van der Waals surface area (Å²) < 4.78 is 0. The normalized spacial score (nSPS) is 13.3. The highest BCUT2D eigenvalue weighted by Crippen LogP contribution is 2.20. The summed E-state index contributed by atoms with van der Waals surface area (Å²) in [6, 6.07) is 7.89. The monoisotopic (exact) mass is 753 g/mol. The Kier molecular flexibility index (Phi) is 16.8. The standard InChI is InChI=1S/C36H47N7O11/c1-22(2)18-29(33(46)41-28(35(49)50)9-7-6-8-27(34(47)48)39-32(45)20-36(3,4)5)40-31(44)19-23-10-12-24(13-11-23)37-30(21-42(51)52)38-25-14-16-26(17-15-25)43(53)54/h6-7,10-17,21-22,27-29,37-38H,8-9,18-20H2,1-5H3,(H,39,45)(H,40,44)(H,41,46)(H,47,48)(H,49,50). The fourth-order valence-electron chi connectivity index (χ4n) is 4.93. The van der Waals surface area contributed by atoms with Crippen LogP contribution in [0.3, 0.4) is 0 Å². The van der Waals surface area contributed by atoms with Gasteiger partial charge in [-0.2, -0.15) is 0 Å². The molecule has 3 atom stereocenters. The zero-order chi connectivity index (χ0) is 40.6. The lowest BCUT2D eigenvalue weighted by molar-refractivity contribution is -0.403. The SMILES string of the molecule is CC(C)CC(NC(=O)Cc1ccc(NC(=C[N+](=O)[O-])Nc2ccc([N+](=O)[O-])cc2)cc1)C(=O)NC(CC=CCC(NC(=O)CC(C)(C)C)C(=O)O)C(=O)O. The molecule has 0 aromatic heterocycles. The maximum atomic E-state index is 13.2. The van der Waals surface area contributed by atoms with E-state index in [4.69, 9.17) is 0 Å². The Morgan fingerprint density at radius 2 is 1.22 bits per heavy atom. The third-order valence-corrected chi connectivity index (χ3v) is 7.40. The molecule has 0 bridgehead atoms. The summed E-state index contributed by atoms with van der Waals surface area (Å²) >= 11 is 0. The summed E-state index contributed by atoms with van der Waals surface area (Å²) in [6.45, 7) is 9.17. The van der Waals surface area contributed by atoms with Gasteiger partial charge < -0.3 is 36.8 Å². The van der Waals surface area contributed by atoms with Crippen LogP contribution >= 0.6 is 0 Å². The number of nitrogens with one attached hydrogen (secondary N) is 5. The molecule has 0 heterocycles. The van der Waals surface area contributed by atoms with E-state index >= 15 is 0 Å². The Balaban J connectivity index is 2.03. The first-order chi connectivity index (χ1) is 25.2. The third-order valence-electron chi connectivity index (χ3n) is 7.40. The van der Waals surface area contributed by atoms with Gasteiger partial charge in [0.1, 0.15) is 18.1 Å². The fourth-order valence-corrected chi connectivity index (χ4v) is 4.93. The second kappa shape index (κ2) is 20.6. The van der Waals surface area contributed by atoms with Crippen molar-refractivity contribution in [2.24, 2.45) is 11.3 Å². The second-order valence-corrected chi connectivity index (χ2v) is 14.0. The van der Waals surface area contributed by atoms with Crippen LogP contribution < -0.4 is 26.6 Å². The molecule has 54 heavy (non-hydrogen) atoms. The lowest BCUT2D eigenvalue weighted by Gasteiger charge is -2.22. The van der Waals surface area contributed by atoms with Gasteiger partial charge in [-0.3, -0.25) is 34.6 Å². The number of anilines is 2. The number of hydrogen-bond acceptors (Lipinski definition) is 11. The Bertz CT molecular complexity index is 1720. The van der Waals surface area contributed by atoms with Crippen molar-refractivity contribution in [1.29, 1.82) is 0 Å². The molecule has 0 spiro atoms. The van der Waals surface area contributed by atoms with E-state index < -0.39 is 57.6 Å². The minimum absolute atomic E-state index is 0.0402. The van der Waals surface area contributed by atoms with Gasteiger partial charge in [-0.05, 0) is 60.4 Å². The van der Waals surface area contributed by atoms with Crippen molar-refractivity contribution >= 4 is 46.7 Å². The van der Waals surface area contributed by atoms with Crippen molar-refractivity contribution in [3.05, 3.63) is 98.5 Å². The van der Waals surface area contributed by atoms with Gasteiger partial charge in [0.2, 0.25) is 17.7 Å². The van der Waals surface area contributed by atoms with E-state index in [0.717, 1.165) is 0 Å². The maximum absolute atomic E-state index is 13.2. The number of carbonyl (C=O) groups excluding carboxylic acids is 3. The molecule has 2 aromatic rings. The molecule has 18 heteroatoms. The molecule has 7 N–H and O–H groups in total. The van der Waals surface area contributed by atoms with Crippen LogP contribution in [0.15, 0.2) is 72.7 Å². The molecule has 2 aromatic carbocycles. The van der Waals surface area contributed by atoms with Gasteiger partial charge in [0.05, 0.1) is 16.3 Å². The fraction of sp³-hybridized carbons (Fsp3) is 0.417. The third kappa shape index (κ3) is 16.8. The van der Waals surface area contributed by atoms with Crippen LogP contribution in [0.5, 0.6) is 0 Å². The largest absolute Gasteiger partial charge is 0.480 e. The van der Waals surface area contributed by atoms with E-state index in [1.807, 2.05) is 34.6 Å². The van der Waals surface area contributed by atoms with Gasteiger partial charge in [0.15, 0.2) is 5.82 Å². The van der Waals surface area contributed by atoms with Crippen LogP contribution in [0.1, 0.15) is 65.9 Å². The van der Waals surface area contributed by atoms with E-state index in [1.165, 1.54) is 36.4 Å². The van der Waals surface area contributed by atoms with Crippen molar-refractivity contribution in [2.75, 3.05) is 10.6 Å². The molecule has 0 radical (unpaired) electrons. The smallest absolute Gasteiger partial charge is 0.326 e. The van der Waals surface area contributed by atoms with Crippen LogP contribution in [-0.2, 0) is 30.4 Å². The molecule has 2 rings (SSSR count). The second-order valence-electron chi connectivity index (χ2n) is 14.0. The van der Waals surface area contributed by atoms with Crippen LogP contribution in [0, 0.1) is 31.6 Å². The average Bonchev–Trinajstić information content (AvgIpc) is 3.04. The van der Waals surface area contributed by atoms with Crippen molar-refractivity contribution in [3.8, 4) is 0 Å². The van der Waals surface area contributed by atoms with E-state index in [9.17, 15) is 54.4 Å². The highest BCUT2D eigenvalue weighted by atomic mass is 16.6. The molecule has 0 aliphatic rings. The summed E-state index contributed by atoms with van der Waals surface area (Å²) in [5.41, 5.74) is 0.800. The first kappa shape index (κ1) is 43.8. The first-order valence-electron chi connectivity index (χ1n) is 16.9. The molecule has 292 valence electrons. The van der Waals surface area contributed by atoms with Crippen LogP contribution in [-0.4, -0.2) is 67.8 Å². The quantitative estimate of drug-likeness (QED) is 0.0536. The lowest BCUT2D eigenvalue weighted by atomic mass is 9.92. The highest BCUT2D eigenvalue weighted by molar-refractivity contribution is 5.91. The van der Waals surface area contributed by atoms with Crippen LogP contribution in [0.25, 0.3) is 0 Å². The van der Waals surface area contributed by atoms with Crippen molar-refractivity contribution in [1.82, 2.24) is 16.0 Å². The Labute approximate surface area is 311 Å². The molecule has 3 amide bonds. The van der Waals surface area contributed by atoms with E-state index in [-0.39, 0.29) is 54.9 Å². The van der Waals surface area contributed by atoms with Crippen LogP contribution in [0.4, 0.5) is 17.1 Å². The van der Waals surface area contributed by atoms with Gasteiger partial charge in [0.25, 0.3) is 11.9 Å². The number of aliphatic carboxylic acids is 2. The maximum Gasteiger partial charge on any atom is 0.326 e. The molecular weight excluding hydrogens is 706 g/mol. The highest BCUT2D eigenvalue weighted by Gasteiger charge is 2.27. The minimum atomic E-state index is -1.39. The number of carboxylic acids is 2. The van der Waals surface area contributed by atoms with E-state index in [0.29, 0.717) is 23.1 Å². The summed E-state index contributed by atoms with van der Waals surface area (Å²) in [6.07, 6.45) is 3.37. The number of nitrogens with zero attached hydrogens (tertiary/aromatic N) is 2. The van der Waals surface area contributed by atoms with E-state index in [1.54, 1.807) is 24.3 Å². The molecular formula is C36H47N7O11. The van der Waals surface area contributed by atoms with Crippen LogP contribution in [0.2, 0.25) is 0 Å². The average molecular weight is 754 g/mol. The number of carbonyl (C=O) groups is 5. The zero-order valence-electron chi connectivity index (χ0n) is 30.7. The Morgan fingerprint density at radius 3 is 1.67 bits per heavy atom. The number of nitro groups is 2. The number of hydrogen-bond donors (Lipinski definition) is 7. The van der Waals surface area contributed by atoms with Crippen molar-refractivity contribution in [2.45, 2.75) is 84.8 Å². The minimum Gasteiger partial charge on any atom is -0.480 e. The molecule has 18 nitrogen and oxygen atoms in total. The topological polar surface area (TPSA) is 272 Å². The molecule has 0 saturated carbocycles. The van der Waals surface area contributed by atoms with Gasteiger partial charge in [-0.15, -0.1) is 0 Å². The number of amides is 3. The van der Waals surface area contributed by atoms with Gasteiger partial charge in [-0.1, -0.05) is 58.9 Å². The Morgan fingerprint density at radius 1 is 0.741 bits per heavy atom. The predicted octanol–water partition coefficient (Wildman–Crippen LogP) is 4.18. The first-order valence-corrected chi connectivity index (χ1v) is 16.9. The van der Waals surface area contributed by atoms with E-state index in [2.05, 4.69) is 26.6 Å². The van der Waals surface area contributed by atoms with Gasteiger partial charge in [-0.25, -0.2) is 9.59 Å². The molecule has 3 unspecified atom stereocenters. The zero-order valence-corrected chi connectivity index (χ0v) is 30.7. The van der Waals surface area contributed by atoms with Crippen molar-refractivity contribution < 1.29 is 44.0 Å². The number of benzene rings is 2. The number of nitro benzene ring substituents is 1. The molecule has 0 saturated heterocycles. The number of non-ortho nitro benzene ring substituents is 1. The van der Waals surface area contributed by atoms with Gasteiger partial charge in [0, 0.05) is 29.9 Å². The summed E-state index contributed by atoms with van der Waals surface area (Å²) in [5, 5.41) is 54.5. The molecule has 0 aliphatic carbocycles. The Hall–Kier alpha value is -6.33. The number of rotatable bonds is 21. The molecule has 0 fully saturated rings. The number of carboxylic acid groups (broad SMARTS) is 2. The van der Waals surface area contributed by atoms with Gasteiger partial charge >= 0.3 is 11.9 Å². The lowest BCUT2D eigenvalue weighted by Crippen LogP contribution is -2.52. The summed E-state index contributed by atoms with van der Waals surface area (Å²) in [4.78, 5) is 82.9.